The Labute approximate surface area is 119 Å². The summed E-state index contributed by atoms with van der Waals surface area (Å²) in [4.78, 5) is 14.8. The second-order valence-electron chi connectivity index (χ2n) is 4.56. The van der Waals surface area contributed by atoms with Crippen molar-refractivity contribution in [3.63, 3.8) is 0 Å². The minimum absolute atomic E-state index is 0.195. The van der Waals surface area contributed by atoms with Crippen molar-refractivity contribution >= 4 is 29.0 Å². The smallest absolute Gasteiger partial charge is 0.306 e. The van der Waals surface area contributed by atoms with E-state index in [2.05, 4.69) is 22.4 Å². The van der Waals surface area contributed by atoms with Gasteiger partial charge in [-0.2, -0.15) is 4.99 Å². The van der Waals surface area contributed by atoms with E-state index >= 15 is 0 Å². The number of carboxylic acids is 1. The highest BCUT2D eigenvalue weighted by Crippen LogP contribution is 2.17. The number of unbranched alkanes of at least 4 members (excludes halogenated alkanes) is 1. The monoisotopic (exact) mass is 277 g/mol. The molecule has 0 amide bonds. The number of rotatable bonds is 8. The van der Waals surface area contributed by atoms with Gasteiger partial charge in [-0.15, -0.1) is 0 Å². The number of hydrogen-bond donors (Lipinski definition) is 1. The first-order valence-corrected chi connectivity index (χ1v) is 6.97. The molecule has 1 unspecified atom stereocenters. The lowest BCUT2D eigenvalue weighted by molar-refractivity contribution is -0.142. The van der Waals surface area contributed by atoms with Crippen LogP contribution in [-0.4, -0.2) is 16.2 Å². The summed E-state index contributed by atoms with van der Waals surface area (Å²) in [6.45, 7) is 1.92. The number of nitrogens with zero attached hydrogens (tertiary/aromatic N) is 1. The highest BCUT2D eigenvalue weighted by molar-refractivity contribution is 7.78. The molecule has 1 rings (SSSR count). The number of aliphatic imine (C=N–C) groups is 1. The van der Waals surface area contributed by atoms with E-state index in [9.17, 15) is 4.79 Å². The van der Waals surface area contributed by atoms with Crippen LogP contribution >= 0.6 is 12.2 Å². The third kappa shape index (κ3) is 5.77. The number of benzene rings is 1. The Balaban J connectivity index is 2.33. The van der Waals surface area contributed by atoms with E-state index in [1.165, 1.54) is 5.56 Å². The fourth-order valence-electron chi connectivity index (χ4n) is 2.01. The van der Waals surface area contributed by atoms with Crippen molar-refractivity contribution in [3.8, 4) is 0 Å². The van der Waals surface area contributed by atoms with Gasteiger partial charge in [0.15, 0.2) is 0 Å². The van der Waals surface area contributed by atoms with Crippen LogP contribution in [0.3, 0.4) is 0 Å². The molecule has 1 aromatic rings. The van der Waals surface area contributed by atoms with Crippen LogP contribution in [0, 0.1) is 5.92 Å². The van der Waals surface area contributed by atoms with Crippen molar-refractivity contribution in [1.82, 2.24) is 0 Å². The Morgan fingerprint density at radius 3 is 2.58 bits per heavy atom. The highest BCUT2D eigenvalue weighted by Gasteiger charge is 2.13. The van der Waals surface area contributed by atoms with E-state index in [-0.39, 0.29) is 5.92 Å². The number of carbonyl (C=O) groups is 1. The Morgan fingerprint density at radius 1 is 1.37 bits per heavy atom. The third-order valence-electron chi connectivity index (χ3n) is 3.22. The van der Waals surface area contributed by atoms with Crippen LogP contribution in [0.4, 0.5) is 5.69 Å². The summed E-state index contributed by atoms with van der Waals surface area (Å²) in [5.74, 6) is -0.871. The van der Waals surface area contributed by atoms with Gasteiger partial charge in [-0.1, -0.05) is 25.5 Å². The molecule has 0 radical (unpaired) electrons. The zero-order chi connectivity index (χ0) is 14.1. The quantitative estimate of drug-likeness (QED) is 0.439. The first kappa shape index (κ1) is 15.5. The number of aliphatic carboxylic acids is 1. The average Bonchev–Trinajstić information content (AvgIpc) is 2.40. The van der Waals surface area contributed by atoms with Gasteiger partial charge in [0, 0.05) is 0 Å². The lowest BCUT2D eigenvalue weighted by atomic mass is 9.97. The Morgan fingerprint density at radius 2 is 2.05 bits per heavy atom. The van der Waals surface area contributed by atoms with Crippen LogP contribution in [-0.2, 0) is 11.2 Å². The Hall–Kier alpha value is -1.51. The van der Waals surface area contributed by atoms with Crippen molar-refractivity contribution in [2.24, 2.45) is 10.9 Å². The van der Waals surface area contributed by atoms with Gasteiger partial charge in [-0.3, -0.25) is 4.79 Å². The number of hydrogen-bond acceptors (Lipinski definition) is 3. The van der Waals surface area contributed by atoms with E-state index in [4.69, 9.17) is 5.11 Å². The van der Waals surface area contributed by atoms with Crippen LogP contribution in [0.25, 0.3) is 0 Å². The summed E-state index contributed by atoms with van der Waals surface area (Å²) in [7, 11) is 0. The molecule has 0 aliphatic heterocycles. The minimum Gasteiger partial charge on any atom is -0.481 e. The van der Waals surface area contributed by atoms with Crippen LogP contribution in [0.2, 0.25) is 0 Å². The lowest BCUT2D eigenvalue weighted by Crippen LogP contribution is -2.12. The Kier molecular flexibility index (Phi) is 7.01. The van der Waals surface area contributed by atoms with Gasteiger partial charge < -0.3 is 5.11 Å². The maximum absolute atomic E-state index is 10.9. The largest absolute Gasteiger partial charge is 0.481 e. The first-order chi connectivity index (χ1) is 9.17. The molecular formula is C15H19NO2S. The topological polar surface area (TPSA) is 49.7 Å². The third-order valence-corrected chi connectivity index (χ3v) is 3.31. The van der Waals surface area contributed by atoms with Gasteiger partial charge in [-0.05, 0) is 55.6 Å². The van der Waals surface area contributed by atoms with E-state index in [1.54, 1.807) is 0 Å². The minimum atomic E-state index is -0.676. The fraction of sp³-hybridized carbons (Fsp3) is 0.467. The molecule has 0 spiro atoms. The molecule has 0 aliphatic carbocycles. The summed E-state index contributed by atoms with van der Waals surface area (Å²) < 4.78 is 0. The summed E-state index contributed by atoms with van der Waals surface area (Å²) in [6, 6.07) is 7.89. The van der Waals surface area contributed by atoms with Crippen LogP contribution < -0.4 is 0 Å². The predicted molar refractivity (Wildman–Crippen MR) is 80.1 cm³/mol. The summed E-state index contributed by atoms with van der Waals surface area (Å²) in [6.07, 6.45) is 4.40. The van der Waals surface area contributed by atoms with Crippen molar-refractivity contribution in [3.05, 3.63) is 29.8 Å². The molecule has 0 bridgehead atoms. The van der Waals surface area contributed by atoms with Gasteiger partial charge in [0.2, 0.25) is 0 Å². The van der Waals surface area contributed by atoms with Crippen LogP contribution in [0.1, 0.15) is 38.2 Å². The van der Waals surface area contributed by atoms with E-state index in [0.717, 1.165) is 31.4 Å². The van der Waals surface area contributed by atoms with Gasteiger partial charge in [0.1, 0.15) is 0 Å². The molecule has 0 saturated heterocycles. The molecule has 102 valence electrons. The first-order valence-electron chi connectivity index (χ1n) is 6.57. The number of thiocarbonyl (C=S) groups is 1. The van der Waals surface area contributed by atoms with E-state index < -0.39 is 5.97 Å². The molecule has 19 heavy (non-hydrogen) atoms. The van der Waals surface area contributed by atoms with Crippen molar-refractivity contribution in [2.75, 3.05) is 0 Å². The van der Waals surface area contributed by atoms with Gasteiger partial charge >= 0.3 is 5.97 Å². The zero-order valence-corrected chi connectivity index (χ0v) is 11.9. The summed E-state index contributed by atoms with van der Waals surface area (Å²) >= 11 is 4.54. The molecule has 0 fully saturated rings. The maximum Gasteiger partial charge on any atom is 0.306 e. The predicted octanol–water partition coefficient (Wildman–Crippen LogP) is 4.24. The number of isothiocyanates is 1. The molecule has 1 atom stereocenters. The molecule has 0 aliphatic rings. The normalized spacial score (nSPS) is 11.6. The standard InChI is InChI=1S/C15H19NO2S/c1-2-13(15(17)18)6-4-3-5-12-7-9-14(10-8-12)16-11-19/h7-10,13H,2-6H2,1H3,(H,17,18). The van der Waals surface area contributed by atoms with Gasteiger partial charge in [-0.25, -0.2) is 0 Å². The second-order valence-corrected chi connectivity index (χ2v) is 4.74. The SMILES string of the molecule is CCC(CCCCc1ccc(N=C=S)cc1)C(=O)O. The maximum atomic E-state index is 10.9. The highest BCUT2D eigenvalue weighted by atomic mass is 32.1. The second kappa shape index (κ2) is 8.57. The lowest BCUT2D eigenvalue weighted by Gasteiger charge is -2.09. The molecule has 1 aromatic carbocycles. The van der Waals surface area contributed by atoms with Crippen molar-refractivity contribution < 1.29 is 9.90 Å². The van der Waals surface area contributed by atoms with Gasteiger partial charge in [0.25, 0.3) is 0 Å². The summed E-state index contributed by atoms with van der Waals surface area (Å²) in [5, 5.41) is 11.3. The molecule has 3 nitrogen and oxygen atoms in total. The average molecular weight is 277 g/mol. The number of aryl methyl sites for hydroxylation is 1. The van der Waals surface area contributed by atoms with Crippen molar-refractivity contribution in [2.45, 2.75) is 39.0 Å². The Bertz CT molecular complexity index is 450. The molecule has 0 saturated carbocycles. The molecule has 0 heterocycles. The van der Waals surface area contributed by atoms with Crippen LogP contribution in [0.15, 0.2) is 29.3 Å². The molecular weight excluding hydrogens is 258 g/mol. The van der Waals surface area contributed by atoms with E-state index in [0.29, 0.717) is 6.42 Å². The van der Waals surface area contributed by atoms with Gasteiger partial charge in [0.05, 0.1) is 16.8 Å². The molecule has 1 N–H and O–H groups in total. The zero-order valence-electron chi connectivity index (χ0n) is 11.1. The molecule has 0 aromatic heterocycles. The van der Waals surface area contributed by atoms with Crippen molar-refractivity contribution in [1.29, 1.82) is 0 Å². The fourth-order valence-corrected chi connectivity index (χ4v) is 2.12. The van der Waals surface area contributed by atoms with Crippen LogP contribution in [0.5, 0.6) is 0 Å². The molecule has 4 heteroatoms. The summed E-state index contributed by atoms with van der Waals surface area (Å²) in [5.41, 5.74) is 2.06. The van der Waals surface area contributed by atoms with E-state index in [1.807, 2.05) is 31.2 Å². The number of carboxylic acid groups (broad SMARTS) is 1.